The van der Waals surface area contributed by atoms with Crippen LogP contribution in [0.5, 0.6) is 0 Å². The summed E-state index contributed by atoms with van der Waals surface area (Å²) in [5.74, 6) is -1.14. The first-order chi connectivity index (χ1) is 8.11. The second-order valence-electron chi connectivity index (χ2n) is 3.86. The molecule has 1 aromatic carbocycles. The third kappa shape index (κ3) is 2.05. The van der Waals surface area contributed by atoms with Crippen molar-refractivity contribution in [1.29, 1.82) is 0 Å². The van der Waals surface area contributed by atoms with Crippen LogP contribution in [0.4, 0.5) is 4.79 Å². The van der Waals surface area contributed by atoms with Gasteiger partial charge in [-0.1, -0.05) is 37.3 Å². The van der Waals surface area contributed by atoms with Crippen molar-refractivity contribution >= 4 is 17.8 Å². The number of barbiturate groups is 1. The molecule has 1 aliphatic heterocycles. The van der Waals surface area contributed by atoms with Gasteiger partial charge < -0.3 is 0 Å². The van der Waals surface area contributed by atoms with E-state index in [0.29, 0.717) is 12.0 Å². The molecule has 5 nitrogen and oxygen atoms in total. The maximum absolute atomic E-state index is 12.0. The summed E-state index contributed by atoms with van der Waals surface area (Å²) in [6.07, 6.45) is 0.294. The van der Waals surface area contributed by atoms with Crippen LogP contribution >= 0.6 is 0 Å². The first-order valence-electron chi connectivity index (χ1n) is 5.33. The Morgan fingerprint density at radius 1 is 1.00 bits per heavy atom. The van der Waals surface area contributed by atoms with Gasteiger partial charge in [0.15, 0.2) is 5.41 Å². The molecule has 1 fully saturated rings. The van der Waals surface area contributed by atoms with Crippen LogP contribution < -0.4 is 10.6 Å². The van der Waals surface area contributed by atoms with Gasteiger partial charge in [0.2, 0.25) is 11.8 Å². The minimum Gasteiger partial charge on any atom is -0.277 e. The Labute approximate surface area is 115 Å². The quantitative estimate of drug-likeness (QED) is 0.623. The van der Waals surface area contributed by atoms with Crippen molar-refractivity contribution in [1.82, 2.24) is 10.6 Å². The smallest absolute Gasteiger partial charge is 0.277 e. The molecule has 6 heteroatoms. The van der Waals surface area contributed by atoms with E-state index >= 15 is 0 Å². The van der Waals surface area contributed by atoms with Crippen LogP contribution in [0.15, 0.2) is 30.3 Å². The van der Waals surface area contributed by atoms with Crippen molar-refractivity contribution in [3.63, 3.8) is 0 Å². The molecule has 0 atom stereocenters. The monoisotopic (exact) mass is 295 g/mol. The Hall–Kier alpha value is -1.65. The maximum atomic E-state index is 12.0. The van der Waals surface area contributed by atoms with Crippen molar-refractivity contribution in [2.45, 2.75) is 18.8 Å². The standard InChI is InChI=1S/C12H12N2O3.Cu/c1-2-12(8-6-4-3-5-7-8)9(15)13-11(17)14-10(12)16;/h3-7H,2H2,1H3,(H2,13,14,15,16,17);. The second kappa shape index (κ2) is 5.33. The summed E-state index contributed by atoms with van der Waals surface area (Å²) < 4.78 is 0. The number of carbonyl (C=O) groups is 3. The summed E-state index contributed by atoms with van der Waals surface area (Å²) in [5, 5.41) is 4.28. The van der Waals surface area contributed by atoms with Crippen LogP contribution in [-0.2, 0) is 32.1 Å². The topological polar surface area (TPSA) is 75.3 Å². The maximum Gasteiger partial charge on any atom is 0.328 e. The molecule has 0 unspecified atom stereocenters. The predicted molar refractivity (Wildman–Crippen MR) is 60.1 cm³/mol. The second-order valence-corrected chi connectivity index (χ2v) is 3.86. The molecule has 1 heterocycles. The summed E-state index contributed by atoms with van der Waals surface area (Å²) in [6.45, 7) is 1.74. The van der Waals surface area contributed by atoms with Gasteiger partial charge in [0.1, 0.15) is 0 Å². The molecule has 1 aliphatic rings. The summed E-state index contributed by atoms with van der Waals surface area (Å²) >= 11 is 0. The molecule has 1 aromatic rings. The van der Waals surface area contributed by atoms with Crippen LogP contribution in [0.3, 0.4) is 0 Å². The minimum absolute atomic E-state index is 0. The van der Waals surface area contributed by atoms with Gasteiger partial charge in [-0.3, -0.25) is 20.2 Å². The molecule has 1 saturated heterocycles. The fraction of sp³-hybridized carbons (Fsp3) is 0.250. The van der Waals surface area contributed by atoms with Crippen LogP contribution in [-0.4, -0.2) is 17.8 Å². The minimum atomic E-state index is -1.31. The van der Waals surface area contributed by atoms with E-state index in [2.05, 4.69) is 10.6 Å². The fourth-order valence-electron chi connectivity index (χ4n) is 2.06. The summed E-state index contributed by atoms with van der Waals surface area (Å²) in [6, 6.07) is 7.96. The van der Waals surface area contributed by atoms with E-state index in [0.717, 1.165) is 0 Å². The Balaban J connectivity index is 0.00000162. The molecule has 0 bridgehead atoms. The predicted octanol–water partition coefficient (Wildman–Crippen LogP) is 0.698. The molecule has 0 aliphatic carbocycles. The van der Waals surface area contributed by atoms with E-state index in [1.165, 1.54) is 0 Å². The Morgan fingerprint density at radius 2 is 1.50 bits per heavy atom. The SMILES string of the molecule is CCC1(c2ccccc2)C(=O)NC(=O)NC1=O.[Cu]. The molecule has 0 spiro atoms. The molecule has 0 aromatic heterocycles. The number of benzene rings is 1. The van der Waals surface area contributed by atoms with Crippen molar-refractivity contribution in [2.75, 3.05) is 0 Å². The van der Waals surface area contributed by atoms with Gasteiger partial charge in [-0.2, -0.15) is 0 Å². The Morgan fingerprint density at radius 3 is 1.94 bits per heavy atom. The average Bonchev–Trinajstić information content (AvgIpc) is 2.30. The first-order valence-corrected chi connectivity index (χ1v) is 5.33. The van der Waals surface area contributed by atoms with E-state index in [9.17, 15) is 14.4 Å². The third-order valence-electron chi connectivity index (χ3n) is 3.03. The van der Waals surface area contributed by atoms with Crippen molar-refractivity contribution in [3.05, 3.63) is 35.9 Å². The molecule has 2 N–H and O–H groups in total. The van der Waals surface area contributed by atoms with E-state index in [4.69, 9.17) is 0 Å². The first kappa shape index (κ1) is 14.4. The number of imide groups is 2. The zero-order valence-corrected chi connectivity index (χ0v) is 10.6. The van der Waals surface area contributed by atoms with E-state index in [-0.39, 0.29) is 17.1 Å². The van der Waals surface area contributed by atoms with E-state index < -0.39 is 23.3 Å². The Kier molecular flexibility index (Phi) is 4.27. The van der Waals surface area contributed by atoms with Gasteiger partial charge in [0.05, 0.1) is 0 Å². The summed E-state index contributed by atoms with van der Waals surface area (Å²) in [4.78, 5) is 35.0. The molecule has 0 saturated carbocycles. The van der Waals surface area contributed by atoms with Crippen molar-refractivity contribution < 1.29 is 31.5 Å². The van der Waals surface area contributed by atoms with Gasteiger partial charge >= 0.3 is 6.03 Å². The number of carbonyl (C=O) groups excluding carboxylic acids is 3. The average molecular weight is 296 g/mol. The molecule has 18 heavy (non-hydrogen) atoms. The number of rotatable bonds is 2. The molecular weight excluding hydrogens is 284 g/mol. The summed E-state index contributed by atoms with van der Waals surface area (Å²) in [5.41, 5.74) is -0.722. The van der Waals surface area contributed by atoms with Crippen LogP contribution in [0.25, 0.3) is 0 Å². The van der Waals surface area contributed by atoms with Crippen LogP contribution in [0.2, 0.25) is 0 Å². The number of urea groups is 1. The van der Waals surface area contributed by atoms with Crippen molar-refractivity contribution in [3.8, 4) is 0 Å². The summed E-state index contributed by atoms with van der Waals surface area (Å²) in [7, 11) is 0. The van der Waals surface area contributed by atoms with Gasteiger partial charge in [-0.15, -0.1) is 0 Å². The molecular formula is C12H12CuN2O3. The van der Waals surface area contributed by atoms with Gasteiger partial charge in [-0.05, 0) is 12.0 Å². The largest absolute Gasteiger partial charge is 0.328 e. The molecule has 1 radical (unpaired) electrons. The molecule has 99 valence electrons. The van der Waals surface area contributed by atoms with Crippen molar-refractivity contribution in [2.24, 2.45) is 0 Å². The fourth-order valence-corrected chi connectivity index (χ4v) is 2.06. The zero-order chi connectivity index (χ0) is 12.5. The Bertz CT molecular complexity index is 467. The van der Waals surface area contributed by atoms with Gasteiger partial charge in [-0.25, -0.2) is 4.79 Å². The number of amides is 4. The van der Waals surface area contributed by atoms with Crippen LogP contribution in [0, 0.1) is 0 Å². The number of hydrogen-bond donors (Lipinski definition) is 2. The number of hydrogen-bond acceptors (Lipinski definition) is 3. The molecule has 4 amide bonds. The van der Waals surface area contributed by atoms with Gasteiger partial charge in [0, 0.05) is 17.1 Å². The van der Waals surface area contributed by atoms with E-state index in [1.807, 2.05) is 0 Å². The third-order valence-corrected chi connectivity index (χ3v) is 3.03. The zero-order valence-electron chi connectivity index (χ0n) is 9.62. The van der Waals surface area contributed by atoms with Gasteiger partial charge in [0.25, 0.3) is 0 Å². The number of nitrogens with one attached hydrogen (secondary N) is 2. The molecule has 2 rings (SSSR count). The van der Waals surface area contributed by atoms with E-state index in [1.54, 1.807) is 37.3 Å². The van der Waals surface area contributed by atoms with Crippen LogP contribution in [0.1, 0.15) is 18.9 Å². The normalized spacial score (nSPS) is 17.5.